The van der Waals surface area contributed by atoms with Gasteiger partial charge in [-0.15, -0.1) is 0 Å². The number of nitrogens with zero attached hydrogens (tertiary/aromatic N) is 3. The van der Waals surface area contributed by atoms with Gasteiger partial charge in [-0.05, 0) is 12.3 Å². The lowest BCUT2D eigenvalue weighted by molar-refractivity contribution is 0.307. The smallest absolute Gasteiger partial charge is 0.302 e. The Morgan fingerprint density at radius 3 is 2.36 bits per heavy atom. The van der Waals surface area contributed by atoms with Gasteiger partial charge in [-0.3, -0.25) is 9.36 Å². The number of hydrogen-bond acceptors (Lipinski definition) is 6. The summed E-state index contributed by atoms with van der Waals surface area (Å²) >= 11 is 0. The maximum absolute atomic E-state index is 13.1. The summed E-state index contributed by atoms with van der Waals surface area (Å²) < 4.78 is 52.6. The second-order valence-corrected chi connectivity index (χ2v) is 10.9. The van der Waals surface area contributed by atoms with Gasteiger partial charge in [0.15, 0.2) is 14.7 Å². The van der Waals surface area contributed by atoms with Crippen molar-refractivity contribution in [2.24, 2.45) is 20.0 Å². The molecule has 11 heteroatoms. The monoisotopic (exact) mass is 393 g/mol. The molecule has 2 heterocycles. The fourth-order valence-electron chi connectivity index (χ4n) is 2.88. The van der Waals surface area contributed by atoms with Crippen LogP contribution >= 0.6 is 0 Å². The van der Waals surface area contributed by atoms with Crippen LogP contribution < -0.4 is 11.2 Å². The molecule has 1 saturated heterocycles. The Labute approximate surface area is 146 Å². The van der Waals surface area contributed by atoms with Gasteiger partial charge in [0.05, 0.1) is 11.5 Å². The van der Waals surface area contributed by atoms with Gasteiger partial charge in [0, 0.05) is 32.9 Å². The van der Waals surface area contributed by atoms with Crippen molar-refractivity contribution in [1.82, 2.24) is 13.4 Å². The maximum atomic E-state index is 13.1. The van der Waals surface area contributed by atoms with Crippen LogP contribution in [0.5, 0.6) is 0 Å². The topological polar surface area (TPSA) is 116 Å². The molecule has 1 atom stereocenters. The molecule has 0 spiro atoms. The van der Waals surface area contributed by atoms with Crippen molar-refractivity contribution in [1.29, 1.82) is 0 Å². The largest absolute Gasteiger partial charge is 0.330 e. The van der Waals surface area contributed by atoms with E-state index in [1.54, 1.807) is 0 Å². The van der Waals surface area contributed by atoms with Crippen molar-refractivity contribution in [3.8, 4) is 0 Å². The lowest BCUT2D eigenvalue weighted by Crippen LogP contribution is -2.47. The molecule has 1 aromatic heterocycles. The third-order valence-corrected chi connectivity index (χ3v) is 7.81. The summed E-state index contributed by atoms with van der Waals surface area (Å²) in [6, 6.07) is -0.709. The van der Waals surface area contributed by atoms with E-state index in [9.17, 15) is 26.4 Å². The van der Waals surface area contributed by atoms with E-state index in [4.69, 9.17) is 0 Å². The molecule has 0 N–H and O–H groups in total. The highest BCUT2D eigenvalue weighted by atomic mass is 32.2. The molecule has 0 aromatic carbocycles. The minimum Gasteiger partial charge on any atom is -0.302 e. The quantitative estimate of drug-likeness (QED) is 0.628. The van der Waals surface area contributed by atoms with Crippen LogP contribution in [-0.2, 0) is 34.0 Å². The SMILES string of the molecule is CC(C)CN([C@@H]1CCS(=O)(=O)C1)S(=O)(=O)c1cn(C)c(=O)n(C)c1=O. The van der Waals surface area contributed by atoms with E-state index in [2.05, 4.69) is 0 Å². The molecule has 0 radical (unpaired) electrons. The number of rotatable bonds is 5. The highest BCUT2D eigenvalue weighted by Crippen LogP contribution is 2.24. The van der Waals surface area contributed by atoms with Crippen LogP contribution in [-0.4, -0.2) is 54.4 Å². The van der Waals surface area contributed by atoms with Crippen molar-refractivity contribution >= 4 is 19.9 Å². The number of sulfonamides is 1. The fourth-order valence-corrected chi connectivity index (χ4v) is 6.68. The molecule has 0 bridgehead atoms. The molecule has 2 rings (SSSR count). The van der Waals surface area contributed by atoms with Gasteiger partial charge in [-0.1, -0.05) is 13.8 Å². The second kappa shape index (κ2) is 6.69. The minimum absolute atomic E-state index is 0.0607. The van der Waals surface area contributed by atoms with Crippen molar-refractivity contribution < 1.29 is 16.8 Å². The summed E-state index contributed by atoms with van der Waals surface area (Å²) in [7, 11) is -4.98. The molecule has 0 unspecified atom stereocenters. The standard InChI is InChI=1S/C14H23N3O6S2/c1-10(2)7-17(11-5-6-24(20,21)9-11)25(22,23)12-8-15(3)14(19)16(4)13(12)18/h8,10-11H,5-7,9H2,1-4H3/t11-/m1/s1. The summed E-state index contributed by atoms with van der Waals surface area (Å²) in [5, 5.41) is 0. The van der Waals surface area contributed by atoms with E-state index < -0.39 is 42.0 Å². The highest BCUT2D eigenvalue weighted by molar-refractivity contribution is 7.92. The second-order valence-electron chi connectivity index (χ2n) is 6.78. The summed E-state index contributed by atoms with van der Waals surface area (Å²) in [5.41, 5.74) is -1.56. The molecular formula is C14H23N3O6S2. The summed E-state index contributed by atoms with van der Waals surface area (Å²) in [4.78, 5) is 23.6. The van der Waals surface area contributed by atoms with E-state index in [0.717, 1.165) is 19.6 Å². The number of sulfone groups is 1. The zero-order chi connectivity index (χ0) is 19.2. The molecule has 0 saturated carbocycles. The summed E-state index contributed by atoms with van der Waals surface area (Å²) in [6.07, 6.45) is 1.19. The van der Waals surface area contributed by atoms with E-state index >= 15 is 0 Å². The Bertz CT molecular complexity index is 988. The van der Waals surface area contributed by atoms with E-state index in [-0.39, 0.29) is 30.4 Å². The van der Waals surface area contributed by atoms with Crippen LogP contribution in [0.4, 0.5) is 0 Å². The van der Waals surface area contributed by atoms with Crippen LogP contribution in [0.25, 0.3) is 0 Å². The maximum Gasteiger partial charge on any atom is 0.330 e. The predicted octanol–water partition coefficient (Wildman–Crippen LogP) is -1.08. The van der Waals surface area contributed by atoms with E-state index in [1.807, 2.05) is 13.8 Å². The van der Waals surface area contributed by atoms with Crippen LogP contribution in [0.1, 0.15) is 20.3 Å². The first-order chi connectivity index (χ1) is 11.4. The number of hydrogen-bond donors (Lipinski definition) is 0. The van der Waals surface area contributed by atoms with Gasteiger partial charge in [-0.25, -0.2) is 21.6 Å². The third-order valence-electron chi connectivity index (χ3n) is 4.16. The summed E-state index contributed by atoms with van der Waals surface area (Å²) in [6.45, 7) is 3.71. The third kappa shape index (κ3) is 3.87. The molecule has 9 nitrogen and oxygen atoms in total. The molecule has 1 aliphatic heterocycles. The number of aromatic nitrogens is 2. The van der Waals surface area contributed by atoms with Crippen molar-refractivity contribution in [2.45, 2.75) is 31.2 Å². The molecule has 0 amide bonds. The first kappa shape index (κ1) is 19.9. The predicted molar refractivity (Wildman–Crippen MR) is 92.7 cm³/mol. The molecule has 1 aliphatic rings. The Balaban J connectivity index is 2.61. The molecule has 0 aliphatic carbocycles. The lowest BCUT2D eigenvalue weighted by Gasteiger charge is -2.28. The zero-order valence-corrected chi connectivity index (χ0v) is 16.3. The van der Waals surface area contributed by atoms with Crippen molar-refractivity contribution in [2.75, 3.05) is 18.1 Å². The fraction of sp³-hybridized carbons (Fsp3) is 0.714. The summed E-state index contributed by atoms with van der Waals surface area (Å²) in [5.74, 6) is -0.396. The Morgan fingerprint density at radius 2 is 1.88 bits per heavy atom. The Hall–Kier alpha value is -1.46. The minimum atomic E-state index is -4.25. The highest BCUT2D eigenvalue weighted by Gasteiger charge is 2.40. The molecule has 142 valence electrons. The van der Waals surface area contributed by atoms with Crippen LogP contribution in [0.15, 0.2) is 20.7 Å². The van der Waals surface area contributed by atoms with Crippen molar-refractivity contribution in [3.05, 3.63) is 27.0 Å². The molecular weight excluding hydrogens is 370 g/mol. The average Bonchev–Trinajstić information content (AvgIpc) is 2.85. The molecule has 1 fully saturated rings. The van der Waals surface area contributed by atoms with Gasteiger partial charge in [-0.2, -0.15) is 4.31 Å². The van der Waals surface area contributed by atoms with Crippen LogP contribution in [0.3, 0.4) is 0 Å². The Morgan fingerprint density at radius 1 is 1.28 bits per heavy atom. The molecule has 1 aromatic rings. The van der Waals surface area contributed by atoms with Gasteiger partial charge in [0.2, 0.25) is 10.0 Å². The van der Waals surface area contributed by atoms with Crippen LogP contribution in [0, 0.1) is 5.92 Å². The van der Waals surface area contributed by atoms with Gasteiger partial charge < -0.3 is 4.57 Å². The zero-order valence-electron chi connectivity index (χ0n) is 14.7. The first-order valence-corrected chi connectivity index (χ1v) is 11.1. The van der Waals surface area contributed by atoms with Gasteiger partial charge in [0.25, 0.3) is 5.56 Å². The van der Waals surface area contributed by atoms with E-state index in [1.165, 1.54) is 14.1 Å². The lowest BCUT2D eigenvalue weighted by atomic mass is 10.2. The van der Waals surface area contributed by atoms with Crippen LogP contribution in [0.2, 0.25) is 0 Å². The average molecular weight is 393 g/mol. The first-order valence-electron chi connectivity index (χ1n) is 7.85. The molecule has 25 heavy (non-hydrogen) atoms. The van der Waals surface area contributed by atoms with Gasteiger partial charge in [0.1, 0.15) is 0 Å². The number of aryl methyl sites for hydroxylation is 1. The Kier molecular flexibility index (Phi) is 5.31. The van der Waals surface area contributed by atoms with Gasteiger partial charge >= 0.3 is 5.69 Å². The van der Waals surface area contributed by atoms with E-state index in [0.29, 0.717) is 0 Å². The normalized spacial score (nSPS) is 20.5. The van der Waals surface area contributed by atoms with Crippen molar-refractivity contribution in [3.63, 3.8) is 0 Å².